The zero-order valence-corrected chi connectivity index (χ0v) is 17.2. The fourth-order valence-corrected chi connectivity index (χ4v) is 4.83. The number of hydrogen-bond acceptors (Lipinski definition) is 5. The Balaban J connectivity index is 1.43. The second-order valence-electron chi connectivity index (χ2n) is 9.09. The molecule has 2 atom stereocenters. The maximum atomic E-state index is 13.1. The van der Waals surface area contributed by atoms with Gasteiger partial charge in [0.25, 0.3) is 5.91 Å². The molecule has 0 spiro atoms. The van der Waals surface area contributed by atoms with Gasteiger partial charge in [-0.1, -0.05) is 32.0 Å². The number of hydrogen-bond donors (Lipinski definition) is 3. The Morgan fingerprint density at radius 3 is 2.76 bits per heavy atom. The molecule has 29 heavy (non-hydrogen) atoms. The number of fused-ring (bicyclic) bond motifs is 1. The molecule has 2 unspecified atom stereocenters. The molecule has 3 aliphatic rings. The largest absolute Gasteiger partial charge is 0.322 e. The van der Waals surface area contributed by atoms with Gasteiger partial charge >= 0.3 is 0 Å². The van der Waals surface area contributed by atoms with Crippen molar-refractivity contribution < 1.29 is 14.4 Å². The predicted molar refractivity (Wildman–Crippen MR) is 109 cm³/mol. The number of nitrogens with one attached hydrogen (secondary N) is 3. The molecule has 3 aliphatic heterocycles. The molecule has 3 amide bonds. The van der Waals surface area contributed by atoms with E-state index in [9.17, 15) is 14.4 Å². The molecule has 0 saturated carbocycles. The van der Waals surface area contributed by atoms with E-state index in [2.05, 4.69) is 29.8 Å². The molecule has 0 bridgehead atoms. The molecule has 0 aliphatic carbocycles. The van der Waals surface area contributed by atoms with E-state index < -0.39 is 6.04 Å². The predicted octanol–water partition coefficient (Wildman–Crippen LogP) is 1.32. The molecule has 1 aromatic rings. The van der Waals surface area contributed by atoms with Crippen LogP contribution < -0.4 is 16.0 Å². The molecule has 2 fully saturated rings. The molecule has 1 aromatic carbocycles. The molecule has 7 nitrogen and oxygen atoms in total. The molecule has 2 saturated heterocycles. The van der Waals surface area contributed by atoms with Crippen LogP contribution in [-0.4, -0.2) is 47.8 Å². The number of imide groups is 1. The monoisotopic (exact) mass is 398 g/mol. The van der Waals surface area contributed by atoms with Crippen molar-refractivity contribution in [2.75, 3.05) is 13.1 Å². The molecule has 156 valence electrons. The van der Waals surface area contributed by atoms with E-state index in [4.69, 9.17) is 0 Å². The Morgan fingerprint density at radius 1 is 1.21 bits per heavy atom. The summed E-state index contributed by atoms with van der Waals surface area (Å²) in [4.78, 5) is 38.4. The van der Waals surface area contributed by atoms with Crippen LogP contribution in [0.2, 0.25) is 0 Å². The fraction of sp³-hybridized carbons (Fsp3) is 0.591. The second kappa shape index (κ2) is 7.88. The summed E-state index contributed by atoms with van der Waals surface area (Å²) in [6.45, 7) is 7.53. The van der Waals surface area contributed by atoms with Crippen LogP contribution in [-0.2, 0) is 22.7 Å². The average molecular weight is 399 g/mol. The number of amides is 3. The highest BCUT2D eigenvalue weighted by molar-refractivity contribution is 6.05. The lowest BCUT2D eigenvalue weighted by atomic mass is 9.83. The van der Waals surface area contributed by atoms with E-state index in [0.29, 0.717) is 31.1 Å². The van der Waals surface area contributed by atoms with Crippen LogP contribution in [0.25, 0.3) is 0 Å². The van der Waals surface area contributed by atoms with E-state index in [0.717, 1.165) is 24.2 Å². The van der Waals surface area contributed by atoms with E-state index in [1.807, 2.05) is 18.2 Å². The van der Waals surface area contributed by atoms with Crippen LogP contribution >= 0.6 is 0 Å². The zero-order chi connectivity index (χ0) is 20.6. The Labute approximate surface area is 171 Å². The highest BCUT2D eigenvalue weighted by atomic mass is 16.2. The van der Waals surface area contributed by atoms with E-state index in [1.54, 1.807) is 4.90 Å². The Morgan fingerprint density at radius 2 is 2.03 bits per heavy atom. The van der Waals surface area contributed by atoms with E-state index in [-0.39, 0.29) is 29.6 Å². The number of carbonyl (C=O) groups is 3. The lowest BCUT2D eigenvalue weighted by Crippen LogP contribution is -2.52. The van der Waals surface area contributed by atoms with Gasteiger partial charge < -0.3 is 15.5 Å². The van der Waals surface area contributed by atoms with Gasteiger partial charge in [-0.3, -0.25) is 19.7 Å². The van der Waals surface area contributed by atoms with Gasteiger partial charge in [-0.25, -0.2) is 0 Å². The third-order valence-electron chi connectivity index (χ3n) is 6.54. The highest BCUT2D eigenvalue weighted by Crippen LogP contribution is 2.30. The third kappa shape index (κ3) is 3.94. The molecule has 7 heteroatoms. The van der Waals surface area contributed by atoms with Crippen LogP contribution in [0, 0.1) is 5.41 Å². The number of nitrogens with zero attached hydrogens (tertiary/aromatic N) is 1. The lowest BCUT2D eigenvalue weighted by molar-refractivity contribution is -0.136. The van der Waals surface area contributed by atoms with Crippen molar-refractivity contribution in [3.05, 3.63) is 34.9 Å². The number of carbonyl (C=O) groups excluding carboxylic acids is 3. The summed E-state index contributed by atoms with van der Waals surface area (Å²) in [7, 11) is 0. The molecule has 3 N–H and O–H groups in total. The van der Waals surface area contributed by atoms with Crippen molar-refractivity contribution in [3.63, 3.8) is 0 Å². The van der Waals surface area contributed by atoms with E-state index >= 15 is 0 Å². The fourth-order valence-electron chi connectivity index (χ4n) is 4.83. The summed E-state index contributed by atoms with van der Waals surface area (Å²) in [6, 6.07) is 5.86. The van der Waals surface area contributed by atoms with Gasteiger partial charge in [0.05, 0.1) is 0 Å². The molecule has 0 radical (unpaired) electrons. The number of rotatable bonds is 6. The second-order valence-corrected chi connectivity index (χ2v) is 9.09. The maximum Gasteiger partial charge on any atom is 0.255 e. The van der Waals surface area contributed by atoms with Gasteiger partial charge in [-0.15, -0.1) is 0 Å². The molecular weight excluding hydrogens is 368 g/mol. The van der Waals surface area contributed by atoms with Crippen molar-refractivity contribution in [1.29, 1.82) is 0 Å². The first kappa shape index (κ1) is 20.0. The smallest absolute Gasteiger partial charge is 0.255 e. The van der Waals surface area contributed by atoms with Gasteiger partial charge in [0.15, 0.2) is 0 Å². The zero-order valence-electron chi connectivity index (χ0n) is 17.2. The van der Waals surface area contributed by atoms with Crippen LogP contribution in [0.1, 0.15) is 61.0 Å². The van der Waals surface area contributed by atoms with Crippen molar-refractivity contribution in [2.24, 2.45) is 5.41 Å². The van der Waals surface area contributed by atoms with Crippen molar-refractivity contribution in [3.8, 4) is 0 Å². The topological polar surface area (TPSA) is 90.5 Å². The number of benzene rings is 1. The Hall–Kier alpha value is -2.25. The van der Waals surface area contributed by atoms with Crippen molar-refractivity contribution in [2.45, 2.75) is 64.7 Å². The molecule has 4 rings (SSSR count). The van der Waals surface area contributed by atoms with Gasteiger partial charge in [-0.2, -0.15) is 0 Å². The van der Waals surface area contributed by atoms with Crippen molar-refractivity contribution in [1.82, 2.24) is 20.9 Å². The van der Waals surface area contributed by atoms with Gasteiger partial charge in [-0.05, 0) is 42.3 Å². The molecule has 0 aromatic heterocycles. The first-order chi connectivity index (χ1) is 13.9. The minimum atomic E-state index is -0.569. The summed E-state index contributed by atoms with van der Waals surface area (Å²) in [6.07, 6.45) is 3.09. The lowest BCUT2D eigenvalue weighted by Gasteiger charge is -2.32. The van der Waals surface area contributed by atoms with Crippen LogP contribution in [0.3, 0.4) is 0 Å². The van der Waals surface area contributed by atoms with Gasteiger partial charge in [0, 0.05) is 37.7 Å². The standard InChI is InChI=1S/C22H30N4O3/c1-22(2,17-7-4-10-24-17)13-23-11-14-5-3-6-15-12-26(21(29)19(14)15)16-8-9-18(27)25-20(16)28/h3,5-6,16-17,23-24H,4,7-13H2,1-2H3,(H,25,27,28). The molecular formula is C22H30N4O3. The highest BCUT2D eigenvalue weighted by Gasteiger charge is 2.40. The Kier molecular flexibility index (Phi) is 5.44. The van der Waals surface area contributed by atoms with Gasteiger partial charge in [0.1, 0.15) is 6.04 Å². The van der Waals surface area contributed by atoms with Gasteiger partial charge in [0.2, 0.25) is 11.8 Å². The summed E-state index contributed by atoms with van der Waals surface area (Å²) in [5.74, 6) is -0.740. The average Bonchev–Trinajstić information content (AvgIpc) is 3.32. The van der Waals surface area contributed by atoms with Crippen LogP contribution in [0.15, 0.2) is 18.2 Å². The summed E-state index contributed by atoms with van der Waals surface area (Å²) < 4.78 is 0. The molecule has 3 heterocycles. The minimum Gasteiger partial charge on any atom is -0.322 e. The quantitative estimate of drug-likeness (QED) is 0.629. The first-order valence-electron chi connectivity index (χ1n) is 10.6. The first-order valence-corrected chi connectivity index (χ1v) is 10.6. The minimum absolute atomic E-state index is 0.108. The summed E-state index contributed by atoms with van der Waals surface area (Å²) >= 11 is 0. The summed E-state index contributed by atoms with van der Waals surface area (Å²) in [5.41, 5.74) is 2.77. The van der Waals surface area contributed by atoms with Crippen molar-refractivity contribution >= 4 is 17.7 Å². The Bertz CT molecular complexity index is 829. The van der Waals surface area contributed by atoms with E-state index in [1.165, 1.54) is 12.8 Å². The van der Waals surface area contributed by atoms with Crippen LogP contribution in [0.4, 0.5) is 0 Å². The third-order valence-corrected chi connectivity index (χ3v) is 6.54. The number of piperidine rings is 1. The normalized spacial score (nSPS) is 24.8. The maximum absolute atomic E-state index is 13.1. The summed E-state index contributed by atoms with van der Waals surface area (Å²) in [5, 5.41) is 9.48. The van der Waals surface area contributed by atoms with Crippen LogP contribution in [0.5, 0.6) is 0 Å². The SMILES string of the molecule is CC(C)(CNCc1cccc2c1C(=O)N(C1CCC(=O)NC1=O)C2)C1CCCN1.